The van der Waals surface area contributed by atoms with Gasteiger partial charge in [-0.25, -0.2) is 0 Å². The van der Waals surface area contributed by atoms with Crippen LogP contribution in [0.2, 0.25) is 0 Å². The van der Waals surface area contributed by atoms with Gasteiger partial charge in [-0.15, -0.1) is 0 Å². The van der Waals surface area contributed by atoms with E-state index >= 15 is 19.2 Å². The number of nitrogens with one attached hydrogen (secondary N) is 5. The summed E-state index contributed by atoms with van der Waals surface area (Å²) in [6.45, 7) is 24.9. The molecule has 103 heavy (non-hydrogen) atoms. The number of aliphatic hydroxyl groups is 1. The Labute approximate surface area is 607 Å². The van der Waals surface area contributed by atoms with Crippen molar-refractivity contribution >= 4 is 76.9 Å². The number of allylic oxidation sites excluding steroid dienone is 2. The average Bonchev–Trinajstić information content (AvgIpc) is 0.813. The molecule has 0 bridgehead atoms. The van der Waals surface area contributed by atoms with Crippen LogP contribution in [-0.2, 0) is 68.7 Å². The largest absolute Gasteiger partial charge is 0.462 e. The average molecular weight is 1460 g/mol. The van der Waals surface area contributed by atoms with Crippen molar-refractivity contribution in [2.45, 2.75) is 228 Å². The van der Waals surface area contributed by atoms with Crippen LogP contribution in [0, 0.1) is 41.4 Å². The van der Waals surface area contributed by atoms with E-state index in [4.69, 9.17) is 4.74 Å². The molecule has 582 valence electrons. The summed E-state index contributed by atoms with van der Waals surface area (Å²) >= 11 is 0. The van der Waals surface area contributed by atoms with Crippen molar-refractivity contribution in [1.29, 1.82) is 0 Å². The number of aliphatic hydroxyl groups excluding tert-OH is 1. The van der Waals surface area contributed by atoms with Gasteiger partial charge in [0.15, 0.2) is 0 Å². The quantitative estimate of drug-likeness (QED) is 0.0737. The van der Waals surface area contributed by atoms with Gasteiger partial charge in [0, 0.05) is 54.9 Å². The van der Waals surface area contributed by atoms with Crippen LogP contribution in [0.4, 0.5) is 13.2 Å². The zero-order valence-corrected chi connectivity index (χ0v) is 64.9. The summed E-state index contributed by atoms with van der Waals surface area (Å²) in [4.78, 5) is 198. The molecule has 1 aliphatic heterocycles. The number of rotatable bonds is 21. The number of hydrogen-bond acceptors (Lipinski definition) is 15. The first-order valence-corrected chi connectivity index (χ1v) is 35.6. The highest BCUT2D eigenvalue weighted by molar-refractivity contribution is 6.00. The molecule has 12 amide bonds. The van der Waals surface area contributed by atoms with Crippen molar-refractivity contribution in [2.24, 2.45) is 41.4 Å². The lowest BCUT2D eigenvalue weighted by Gasteiger charge is -2.41. The maximum atomic E-state index is 15.4. The monoisotopic (exact) mass is 1460 g/mol. The molecule has 1 aromatic carbocycles. The van der Waals surface area contributed by atoms with Gasteiger partial charge in [0.05, 0.1) is 19.1 Å². The van der Waals surface area contributed by atoms with Crippen LogP contribution in [0.25, 0.3) is 0 Å². The number of carbonyl (C=O) groups is 13. The van der Waals surface area contributed by atoms with Gasteiger partial charge in [-0.2, -0.15) is 13.2 Å². The highest BCUT2D eigenvalue weighted by atomic mass is 19.4. The van der Waals surface area contributed by atoms with Crippen LogP contribution in [0.5, 0.6) is 0 Å². The number of carbonyl (C=O) groups excluding carboxylic acids is 13. The first-order valence-electron chi connectivity index (χ1n) is 35.6. The van der Waals surface area contributed by atoms with E-state index in [0.29, 0.717) is 0 Å². The van der Waals surface area contributed by atoms with Gasteiger partial charge >= 0.3 is 12.1 Å². The van der Waals surface area contributed by atoms with Crippen LogP contribution in [0.3, 0.4) is 0 Å². The van der Waals surface area contributed by atoms with E-state index in [-0.39, 0.29) is 73.3 Å². The normalized spacial score (nSPS) is 24.3. The molecule has 0 radical (unpaired) electrons. The molecule has 1 heterocycles. The Kier molecular flexibility index (Phi) is 36.5. The second kappa shape index (κ2) is 41.3. The molecule has 1 fully saturated rings. The Bertz CT molecular complexity index is 3110. The highest BCUT2D eigenvalue weighted by Gasteiger charge is 2.46. The number of amides is 12. The number of alkyl halides is 3. The van der Waals surface area contributed by atoms with Crippen LogP contribution in [-0.4, -0.2) is 258 Å². The fraction of sp³-hybridized carbons (Fsp3) is 0.712. The zero-order valence-electron chi connectivity index (χ0n) is 64.9. The van der Waals surface area contributed by atoms with Crippen LogP contribution >= 0.6 is 0 Å². The third kappa shape index (κ3) is 27.1. The molecule has 0 aromatic heterocycles. The van der Waals surface area contributed by atoms with Gasteiger partial charge in [-0.3, -0.25) is 62.3 Å². The third-order valence-corrected chi connectivity index (χ3v) is 18.4. The second-order valence-corrected chi connectivity index (χ2v) is 29.8. The fourth-order valence-corrected chi connectivity index (χ4v) is 12.2. The molecule has 0 unspecified atom stereocenters. The molecule has 1 aliphatic rings. The molecule has 12 atom stereocenters. The van der Waals surface area contributed by atoms with E-state index in [9.17, 15) is 61.4 Å². The number of esters is 1. The third-order valence-electron chi connectivity index (χ3n) is 18.4. The number of ether oxygens (including phenoxy) is 1. The Balaban J connectivity index is 3.07. The van der Waals surface area contributed by atoms with Crippen molar-refractivity contribution in [3.63, 3.8) is 0 Å². The molecule has 6 N–H and O–H groups in total. The summed E-state index contributed by atoms with van der Waals surface area (Å²) in [6.07, 6.45) is -3.55. The van der Waals surface area contributed by atoms with Gasteiger partial charge < -0.3 is 70.7 Å². The summed E-state index contributed by atoms with van der Waals surface area (Å²) in [7, 11) is 9.33. The summed E-state index contributed by atoms with van der Waals surface area (Å²) in [5.41, 5.74) is -0.226. The van der Waals surface area contributed by atoms with Crippen molar-refractivity contribution in [3.8, 4) is 0 Å². The van der Waals surface area contributed by atoms with E-state index in [1.807, 2.05) is 13.8 Å². The zero-order chi connectivity index (χ0) is 79.2. The maximum absolute atomic E-state index is 15.4. The maximum Gasteiger partial charge on any atom is 0.393 e. The van der Waals surface area contributed by atoms with Crippen LogP contribution < -0.4 is 26.6 Å². The number of benzene rings is 1. The van der Waals surface area contributed by atoms with Crippen LogP contribution in [0.15, 0.2) is 36.4 Å². The Morgan fingerprint density at radius 2 is 1.02 bits per heavy atom. The van der Waals surface area contributed by atoms with E-state index in [1.54, 1.807) is 102 Å². The van der Waals surface area contributed by atoms with E-state index < -0.39 is 193 Å². The Morgan fingerprint density at radius 3 is 1.50 bits per heavy atom. The lowest BCUT2D eigenvalue weighted by atomic mass is 9.91. The second-order valence-electron chi connectivity index (χ2n) is 29.8. The molecule has 2 rings (SSSR count). The lowest BCUT2D eigenvalue weighted by molar-refractivity contribution is -0.158. The number of hydrogen-bond donors (Lipinski definition) is 6. The number of halogens is 3. The minimum atomic E-state index is -4.52. The summed E-state index contributed by atoms with van der Waals surface area (Å²) < 4.78 is 44.7. The number of likely N-dealkylation sites (N-methyl/N-ethyl adjacent to an activating group) is 7. The molecule has 0 aliphatic carbocycles. The first-order chi connectivity index (χ1) is 47.6. The van der Waals surface area contributed by atoms with Gasteiger partial charge in [0.25, 0.3) is 5.91 Å². The number of nitrogens with zero attached hydrogens (tertiary/aromatic N) is 7. The molecular formula is C73H119F3N12O15. The standard InChI is InChI=1S/C73H119F3N12O15/c1-24-26-27-46(15)61(91)60-66(96)79-50(25-2)67(97)82(17)38-56(89)83(18)52(32-40(3)4)65(95)81-58(44(11)12)71(101)84(19)53(33-41(5)6)64(94)78-47(16)62(92)80-51(39-103-57(90)37-77-63(93)49-30-28-48(29-31-49)36-73(74,75)76)68(98)85(20)54(34-42(7)8)69(99)86(21)55(35-43(9)10)70(100)87(22)59(45(13)14)72(102)88(60)23/h24,26,28-31,40-47,50-55,58-61,91H,25,27,32-39H2,1-23H3,(H,77,93)(H,78,94)(H,79,96)(H,80,92)(H,81,95)/b26-24+/t46-,47+,50+,51-,52+,53+,54+,55+,58+,59+,60+,61-/m1/s1. The fourth-order valence-electron chi connectivity index (χ4n) is 12.2. The molecule has 30 heteroatoms. The topological polar surface area (TPSA) is 334 Å². The van der Waals surface area contributed by atoms with Crippen molar-refractivity contribution < 1.29 is 85.3 Å². The molecule has 27 nitrogen and oxygen atoms in total. The first kappa shape index (κ1) is 90.9. The van der Waals surface area contributed by atoms with E-state index in [0.717, 1.165) is 53.7 Å². The van der Waals surface area contributed by atoms with Crippen molar-refractivity contribution in [3.05, 3.63) is 47.5 Å². The predicted molar refractivity (Wildman–Crippen MR) is 382 cm³/mol. The van der Waals surface area contributed by atoms with Gasteiger partial charge in [-0.1, -0.05) is 121 Å². The summed E-state index contributed by atoms with van der Waals surface area (Å²) in [5.74, 6) is -14.1. The van der Waals surface area contributed by atoms with Gasteiger partial charge in [0.1, 0.15) is 73.6 Å². The highest BCUT2D eigenvalue weighted by Crippen LogP contribution is 2.27. The van der Waals surface area contributed by atoms with Crippen LogP contribution in [0.1, 0.15) is 165 Å². The smallest absolute Gasteiger partial charge is 0.393 e. The summed E-state index contributed by atoms with van der Waals surface area (Å²) in [5, 5.41) is 25.2. The lowest BCUT2D eigenvalue weighted by Crippen LogP contribution is -2.63. The Morgan fingerprint density at radius 1 is 0.563 bits per heavy atom. The van der Waals surface area contributed by atoms with Gasteiger partial charge in [0.2, 0.25) is 65.0 Å². The summed E-state index contributed by atoms with van der Waals surface area (Å²) in [6, 6.07) is -9.91. The molecule has 0 spiro atoms. The minimum absolute atomic E-state index is 0.00720. The molecule has 1 aromatic rings. The molecule has 0 saturated carbocycles. The van der Waals surface area contributed by atoms with Crippen molar-refractivity contribution in [2.75, 3.05) is 69.0 Å². The van der Waals surface area contributed by atoms with E-state index in [1.165, 1.54) is 61.2 Å². The predicted octanol–water partition coefficient (Wildman–Crippen LogP) is 4.33. The van der Waals surface area contributed by atoms with Gasteiger partial charge in [-0.05, 0) is 111 Å². The Hall–Kier alpha value is -8.18. The van der Waals surface area contributed by atoms with E-state index in [2.05, 4.69) is 26.6 Å². The molecular weight excluding hydrogens is 1340 g/mol. The van der Waals surface area contributed by atoms with Crippen molar-refractivity contribution in [1.82, 2.24) is 60.9 Å². The molecule has 1 saturated heterocycles. The minimum Gasteiger partial charge on any atom is -0.462 e. The SMILES string of the molecule is C/C=C/C[C@@H](C)[C@@H](O)[C@H]1C(=O)N[C@@H](CC)C(=O)N(C)CC(=O)N(C)[C@@H](CC(C)C)C(=O)N[C@@H](C(C)C)C(=O)N(C)[C@@H](CC(C)C)C(=O)N[C@@H](C)C(=O)N[C@H](COC(=O)CNC(=O)c2ccc(CC(F)(F)F)cc2)C(=O)N(C)[C@@H](CC(C)C)C(=O)N(C)[C@@H](CC(C)C)C(=O)N(C)[C@@H](C(C)C)C(=O)N1C.